The highest BCUT2D eigenvalue weighted by Crippen LogP contribution is 2.25. The molecule has 1 aliphatic rings. The maximum absolute atomic E-state index is 5.80. The third-order valence-electron chi connectivity index (χ3n) is 4.36. The highest BCUT2D eigenvalue weighted by molar-refractivity contribution is 5.00. The number of nitrogens with two attached hydrogens (primary N) is 1. The first kappa shape index (κ1) is 14.4. The van der Waals surface area contributed by atoms with Crippen molar-refractivity contribution in [2.75, 3.05) is 13.1 Å². The van der Waals surface area contributed by atoms with Crippen molar-refractivity contribution in [2.45, 2.75) is 58.2 Å². The Morgan fingerprint density at radius 3 is 2.68 bits per heavy atom. The predicted octanol–water partition coefficient (Wildman–Crippen LogP) is 0.547. The van der Waals surface area contributed by atoms with Crippen molar-refractivity contribution >= 4 is 0 Å². The van der Waals surface area contributed by atoms with Gasteiger partial charge in [-0.15, -0.1) is 0 Å². The van der Waals surface area contributed by atoms with E-state index >= 15 is 0 Å². The second-order valence-electron chi connectivity index (χ2n) is 5.76. The molecule has 1 fully saturated rings. The van der Waals surface area contributed by atoms with Crippen molar-refractivity contribution in [1.82, 2.24) is 25.1 Å². The van der Waals surface area contributed by atoms with Crippen molar-refractivity contribution in [2.24, 2.45) is 5.84 Å². The van der Waals surface area contributed by atoms with Gasteiger partial charge in [0, 0.05) is 24.5 Å². The van der Waals surface area contributed by atoms with E-state index < -0.39 is 0 Å². The Labute approximate surface area is 115 Å². The monoisotopic (exact) mass is 266 g/mol. The zero-order valence-corrected chi connectivity index (χ0v) is 12.3. The highest BCUT2D eigenvalue weighted by Gasteiger charge is 2.36. The number of nitrogens with zero attached hydrogens (tertiary/aromatic N) is 4. The standard InChI is InChI=1S/C13H26N6/c1-4-19-12(15-10-16-19)9-11(17-14)13(2,3)18-7-5-6-8-18/h10-11,17H,4-9,14H2,1-3H3. The Bertz CT molecular complexity index is 394. The van der Waals surface area contributed by atoms with Crippen LogP contribution in [0.1, 0.15) is 39.4 Å². The molecule has 0 radical (unpaired) electrons. The second kappa shape index (κ2) is 5.98. The molecule has 108 valence electrons. The van der Waals surface area contributed by atoms with Crippen molar-refractivity contribution in [1.29, 1.82) is 0 Å². The number of hydrogen-bond donors (Lipinski definition) is 2. The van der Waals surface area contributed by atoms with E-state index in [0.717, 1.165) is 31.9 Å². The Balaban J connectivity index is 2.10. The van der Waals surface area contributed by atoms with Crippen molar-refractivity contribution < 1.29 is 0 Å². The molecular weight excluding hydrogens is 240 g/mol. The maximum atomic E-state index is 5.80. The van der Waals surface area contributed by atoms with E-state index in [9.17, 15) is 0 Å². The molecule has 6 nitrogen and oxygen atoms in total. The van der Waals surface area contributed by atoms with Crippen LogP contribution < -0.4 is 11.3 Å². The number of rotatable bonds is 6. The fourth-order valence-electron chi connectivity index (χ4n) is 2.92. The molecule has 2 rings (SSSR count). The molecule has 2 heterocycles. The summed E-state index contributed by atoms with van der Waals surface area (Å²) in [6.07, 6.45) is 4.99. The Morgan fingerprint density at radius 2 is 2.11 bits per heavy atom. The van der Waals surface area contributed by atoms with E-state index in [1.807, 2.05) is 4.68 Å². The number of nitrogens with one attached hydrogen (secondary N) is 1. The minimum absolute atomic E-state index is 0.0236. The summed E-state index contributed by atoms with van der Waals surface area (Å²) in [7, 11) is 0. The van der Waals surface area contributed by atoms with Crippen LogP contribution in [0, 0.1) is 0 Å². The summed E-state index contributed by atoms with van der Waals surface area (Å²) in [6, 6.07) is 0.167. The third-order valence-corrected chi connectivity index (χ3v) is 4.36. The van der Waals surface area contributed by atoms with E-state index in [1.165, 1.54) is 12.8 Å². The lowest BCUT2D eigenvalue weighted by Gasteiger charge is -2.41. The fourth-order valence-corrected chi connectivity index (χ4v) is 2.92. The molecule has 0 amide bonds. The van der Waals surface area contributed by atoms with E-state index in [2.05, 4.69) is 41.2 Å². The van der Waals surface area contributed by atoms with Gasteiger partial charge in [-0.3, -0.25) is 20.9 Å². The molecule has 0 spiro atoms. The average Bonchev–Trinajstić information content (AvgIpc) is 3.06. The van der Waals surface area contributed by atoms with Gasteiger partial charge in [-0.05, 0) is 46.7 Å². The van der Waals surface area contributed by atoms with E-state index in [4.69, 9.17) is 5.84 Å². The molecule has 19 heavy (non-hydrogen) atoms. The Hall–Kier alpha value is -0.980. The van der Waals surface area contributed by atoms with Crippen LogP contribution in [-0.4, -0.2) is 44.3 Å². The lowest BCUT2D eigenvalue weighted by atomic mass is 9.90. The van der Waals surface area contributed by atoms with Gasteiger partial charge in [-0.2, -0.15) is 5.10 Å². The number of aromatic nitrogens is 3. The van der Waals surface area contributed by atoms with Gasteiger partial charge in [0.25, 0.3) is 0 Å². The number of likely N-dealkylation sites (tertiary alicyclic amines) is 1. The summed E-state index contributed by atoms with van der Waals surface area (Å²) >= 11 is 0. The topological polar surface area (TPSA) is 72.0 Å². The van der Waals surface area contributed by atoms with Crippen LogP contribution >= 0.6 is 0 Å². The average molecular weight is 266 g/mol. The summed E-state index contributed by atoms with van der Waals surface area (Å²) in [4.78, 5) is 6.87. The summed E-state index contributed by atoms with van der Waals surface area (Å²) in [5.41, 5.74) is 3.01. The molecule has 1 aromatic heterocycles. The molecule has 1 aromatic rings. The lowest BCUT2D eigenvalue weighted by molar-refractivity contribution is 0.105. The van der Waals surface area contributed by atoms with Gasteiger partial charge in [-0.25, -0.2) is 4.98 Å². The lowest BCUT2D eigenvalue weighted by Crippen LogP contribution is -2.59. The van der Waals surface area contributed by atoms with Crippen LogP contribution in [0.3, 0.4) is 0 Å². The maximum Gasteiger partial charge on any atom is 0.138 e. The normalized spacial score (nSPS) is 18.9. The zero-order valence-electron chi connectivity index (χ0n) is 12.3. The van der Waals surface area contributed by atoms with E-state index in [-0.39, 0.29) is 11.6 Å². The Morgan fingerprint density at radius 1 is 1.42 bits per heavy atom. The largest absolute Gasteiger partial charge is 0.297 e. The first-order valence-electron chi connectivity index (χ1n) is 7.17. The van der Waals surface area contributed by atoms with Crippen molar-refractivity contribution in [3.05, 3.63) is 12.2 Å². The molecular formula is C13H26N6. The third kappa shape index (κ3) is 2.96. The first-order valence-corrected chi connectivity index (χ1v) is 7.17. The first-order chi connectivity index (χ1) is 9.09. The molecule has 0 saturated carbocycles. The number of hydrogen-bond acceptors (Lipinski definition) is 5. The second-order valence-corrected chi connectivity index (χ2v) is 5.76. The van der Waals surface area contributed by atoms with Gasteiger partial charge in [0.15, 0.2) is 0 Å². The molecule has 6 heteroatoms. The van der Waals surface area contributed by atoms with Crippen molar-refractivity contribution in [3.8, 4) is 0 Å². The minimum Gasteiger partial charge on any atom is -0.297 e. The van der Waals surface area contributed by atoms with Crippen LogP contribution in [0.5, 0.6) is 0 Å². The van der Waals surface area contributed by atoms with Crippen LogP contribution in [0.4, 0.5) is 0 Å². The summed E-state index contributed by atoms with van der Waals surface area (Å²) < 4.78 is 1.93. The predicted molar refractivity (Wildman–Crippen MR) is 75.4 cm³/mol. The van der Waals surface area contributed by atoms with Gasteiger partial charge < -0.3 is 0 Å². The van der Waals surface area contributed by atoms with Gasteiger partial charge in [0.1, 0.15) is 12.2 Å². The molecule has 1 unspecified atom stereocenters. The number of aryl methyl sites for hydroxylation is 1. The van der Waals surface area contributed by atoms with Crippen LogP contribution in [0.25, 0.3) is 0 Å². The zero-order chi connectivity index (χ0) is 13.9. The molecule has 0 aromatic carbocycles. The minimum atomic E-state index is 0.0236. The molecule has 1 aliphatic heterocycles. The van der Waals surface area contributed by atoms with E-state index in [0.29, 0.717) is 0 Å². The Kier molecular flexibility index (Phi) is 4.54. The van der Waals surface area contributed by atoms with Crippen LogP contribution in [-0.2, 0) is 13.0 Å². The van der Waals surface area contributed by atoms with Gasteiger partial charge in [0.2, 0.25) is 0 Å². The summed E-state index contributed by atoms with van der Waals surface area (Å²) in [5, 5.41) is 4.22. The molecule has 3 N–H and O–H groups in total. The van der Waals surface area contributed by atoms with Gasteiger partial charge in [-0.1, -0.05) is 0 Å². The fraction of sp³-hybridized carbons (Fsp3) is 0.846. The SMILES string of the molecule is CCn1ncnc1CC(NN)C(C)(C)N1CCCC1. The van der Waals surface area contributed by atoms with Crippen molar-refractivity contribution in [3.63, 3.8) is 0 Å². The summed E-state index contributed by atoms with van der Waals surface area (Å²) in [5.74, 6) is 6.80. The molecule has 0 aliphatic carbocycles. The van der Waals surface area contributed by atoms with Crippen LogP contribution in [0.15, 0.2) is 6.33 Å². The number of hydrazine groups is 1. The van der Waals surface area contributed by atoms with Crippen LogP contribution in [0.2, 0.25) is 0 Å². The molecule has 1 atom stereocenters. The van der Waals surface area contributed by atoms with E-state index in [1.54, 1.807) is 6.33 Å². The summed E-state index contributed by atoms with van der Waals surface area (Å²) in [6.45, 7) is 9.76. The quantitative estimate of drug-likeness (QED) is 0.581. The smallest absolute Gasteiger partial charge is 0.138 e. The molecule has 0 bridgehead atoms. The molecule has 1 saturated heterocycles. The highest BCUT2D eigenvalue weighted by atomic mass is 15.3. The van der Waals surface area contributed by atoms with Gasteiger partial charge in [0.05, 0.1) is 0 Å². The van der Waals surface area contributed by atoms with Gasteiger partial charge >= 0.3 is 0 Å².